The van der Waals surface area contributed by atoms with E-state index in [9.17, 15) is 14.4 Å². The van der Waals surface area contributed by atoms with E-state index in [1.54, 1.807) is 0 Å². The van der Waals surface area contributed by atoms with Crippen molar-refractivity contribution < 1.29 is 28.6 Å². The van der Waals surface area contributed by atoms with Crippen molar-refractivity contribution in [3.8, 4) is 0 Å². The van der Waals surface area contributed by atoms with Gasteiger partial charge < -0.3 is 14.2 Å². The van der Waals surface area contributed by atoms with Gasteiger partial charge in [-0.2, -0.15) is 0 Å². The van der Waals surface area contributed by atoms with Crippen molar-refractivity contribution in [2.24, 2.45) is 11.8 Å². The molecule has 0 aromatic carbocycles. The highest BCUT2D eigenvalue weighted by atomic mass is 16.6. The number of unbranched alkanes of at least 4 members (excludes halogenated alkanes) is 32. The Hall–Kier alpha value is -1.59. The quantitative estimate of drug-likeness (QED) is 0.0345. The molecule has 0 amide bonds. The van der Waals surface area contributed by atoms with Crippen molar-refractivity contribution in [2.45, 2.75) is 304 Å². The highest BCUT2D eigenvalue weighted by Gasteiger charge is 2.19. The van der Waals surface area contributed by atoms with E-state index in [4.69, 9.17) is 14.2 Å². The normalized spacial score (nSPS) is 12.5. The average Bonchev–Trinajstić information content (AvgIpc) is 3.23. The molecule has 0 saturated carbocycles. The van der Waals surface area contributed by atoms with Crippen LogP contribution in [0.3, 0.4) is 0 Å². The fraction of sp³-hybridized carbons (Fsp3) is 0.944. The lowest BCUT2D eigenvalue weighted by atomic mass is 9.99. The summed E-state index contributed by atoms with van der Waals surface area (Å²) in [6.45, 7) is 11.3. The summed E-state index contributed by atoms with van der Waals surface area (Å²) in [7, 11) is 0. The Morgan fingerprint density at radius 2 is 0.633 bits per heavy atom. The SMILES string of the molecule is CCCCCCCCCCCCCCCCCCCCCC(=O)OC[C@H](COC(=O)CCCCCCCCC(C)C)OC(=O)CCCCCCCCCCCCC(C)CC. The Balaban J connectivity index is 4.23. The van der Waals surface area contributed by atoms with Crippen molar-refractivity contribution >= 4 is 17.9 Å². The molecule has 6 heteroatoms. The highest BCUT2D eigenvalue weighted by molar-refractivity contribution is 5.71. The van der Waals surface area contributed by atoms with Gasteiger partial charge in [-0.05, 0) is 31.1 Å². The monoisotopic (exact) mass is 849 g/mol. The van der Waals surface area contributed by atoms with Gasteiger partial charge in [0.15, 0.2) is 6.10 Å². The van der Waals surface area contributed by atoms with Gasteiger partial charge in [-0.1, -0.05) is 259 Å². The van der Waals surface area contributed by atoms with E-state index in [0.29, 0.717) is 19.3 Å². The number of carbonyl (C=O) groups excluding carboxylic acids is 3. The molecule has 0 aliphatic heterocycles. The summed E-state index contributed by atoms with van der Waals surface area (Å²) in [6, 6.07) is 0. The minimum atomic E-state index is -0.762. The molecule has 2 atom stereocenters. The van der Waals surface area contributed by atoms with Crippen LogP contribution in [0.4, 0.5) is 0 Å². The molecule has 0 saturated heterocycles. The van der Waals surface area contributed by atoms with Crippen LogP contribution in [0.2, 0.25) is 0 Å². The predicted octanol–water partition coefficient (Wildman–Crippen LogP) is 17.3. The fourth-order valence-corrected chi connectivity index (χ4v) is 8.13. The summed E-state index contributed by atoms with van der Waals surface area (Å²) >= 11 is 0. The van der Waals surface area contributed by atoms with Gasteiger partial charge in [0.05, 0.1) is 0 Å². The number of hydrogen-bond donors (Lipinski definition) is 0. The Kier molecular flexibility index (Phi) is 45.7. The first kappa shape index (κ1) is 58.4. The largest absolute Gasteiger partial charge is 0.462 e. The molecule has 0 aromatic heterocycles. The lowest BCUT2D eigenvalue weighted by Crippen LogP contribution is -2.30. The van der Waals surface area contributed by atoms with E-state index in [2.05, 4.69) is 34.6 Å². The van der Waals surface area contributed by atoms with Gasteiger partial charge in [0.2, 0.25) is 0 Å². The van der Waals surface area contributed by atoms with Crippen LogP contribution in [0.25, 0.3) is 0 Å². The van der Waals surface area contributed by atoms with Gasteiger partial charge in [-0.3, -0.25) is 14.4 Å². The van der Waals surface area contributed by atoms with Crippen molar-refractivity contribution in [3.63, 3.8) is 0 Å². The van der Waals surface area contributed by atoms with Gasteiger partial charge >= 0.3 is 17.9 Å². The molecule has 0 spiro atoms. The molecule has 1 unspecified atom stereocenters. The maximum absolute atomic E-state index is 12.8. The van der Waals surface area contributed by atoms with Gasteiger partial charge in [-0.25, -0.2) is 0 Å². The third kappa shape index (κ3) is 45.9. The smallest absolute Gasteiger partial charge is 0.306 e. The van der Waals surface area contributed by atoms with Crippen LogP contribution in [-0.4, -0.2) is 37.2 Å². The maximum atomic E-state index is 12.8. The van der Waals surface area contributed by atoms with E-state index >= 15 is 0 Å². The molecule has 356 valence electrons. The number of carbonyl (C=O) groups is 3. The third-order valence-electron chi connectivity index (χ3n) is 12.6. The molecule has 0 N–H and O–H groups in total. The van der Waals surface area contributed by atoms with Gasteiger partial charge in [0, 0.05) is 19.3 Å². The first-order valence-corrected chi connectivity index (χ1v) is 26.8. The fourth-order valence-electron chi connectivity index (χ4n) is 8.13. The lowest BCUT2D eigenvalue weighted by molar-refractivity contribution is -0.167. The summed E-state index contributed by atoms with van der Waals surface area (Å²) in [5, 5.41) is 0. The van der Waals surface area contributed by atoms with Crippen LogP contribution in [0, 0.1) is 11.8 Å². The van der Waals surface area contributed by atoms with Gasteiger partial charge in [-0.15, -0.1) is 0 Å². The second-order valence-electron chi connectivity index (χ2n) is 19.2. The van der Waals surface area contributed by atoms with Crippen molar-refractivity contribution in [1.29, 1.82) is 0 Å². The van der Waals surface area contributed by atoms with Crippen molar-refractivity contribution in [2.75, 3.05) is 13.2 Å². The van der Waals surface area contributed by atoms with Crippen LogP contribution in [-0.2, 0) is 28.6 Å². The molecule has 60 heavy (non-hydrogen) atoms. The zero-order valence-corrected chi connectivity index (χ0v) is 41.1. The minimum Gasteiger partial charge on any atom is -0.462 e. The Labute approximate surface area is 374 Å². The lowest BCUT2D eigenvalue weighted by Gasteiger charge is -2.18. The number of hydrogen-bond acceptors (Lipinski definition) is 6. The maximum Gasteiger partial charge on any atom is 0.306 e. The zero-order chi connectivity index (χ0) is 44.0. The Morgan fingerprint density at radius 3 is 0.950 bits per heavy atom. The van der Waals surface area contributed by atoms with E-state index in [1.807, 2.05) is 0 Å². The van der Waals surface area contributed by atoms with Crippen LogP contribution in [0.15, 0.2) is 0 Å². The molecule has 0 aromatic rings. The standard InChI is InChI=1S/C54H104O6/c1-6-8-9-10-11-12-13-14-15-16-17-18-19-20-21-25-28-34-39-44-52(55)58-47-51(48-59-53(56)45-40-35-31-30-32-37-42-49(3)4)60-54(57)46-41-36-29-26-23-22-24-27-33-38-43-50(5)7-2/h49-51H,6-48H2,1-5H3/t50?,51-/m1/s1. The summed E-state index contributed by atoms with van der Waals surface area (Å²) in [5.41, 5.74) is 0. The first-order valence-electron chi connectivity index (χ1n) is 26.8. The Bertz CT molecular complexity index is 918. The van der Waals surface area contributed by atoms with Crippen LogP contribution in [0.5, 0.6) is 0 Å². The van der Waals surface area contributed by atoms with Gasteiger partial charge in [0.25, 0.3) is 0 Å². The number of esters is 3. The van der Waals surface area contributed by atoms with Crippen LogP contribution in [0.1, 0.15) is 298 Å². The van der Waals surface area contributed by atoms with Gasteiger partial charge in [0.1, 0.15) is 13.2 Å². The molecule has 0 heterocycles. The number of rotatable bonds is 48. The zero-order valence-electron chi connectivity index (χ0n) is 41.1. The summed E-state index contributed by atoms with van der Waals surface area (Å²) in [4.78, 5) is 37.9. The molecule has 0 aliphatic carbocycles. The predicted molar refractivity (Wildman–Crippen MR) is 256 cm³/mol. The number of ether oxygens (including phenoxy) is 3. The van der Waals surface area contributed by atoms with Crippen molar-refractivity contribution in [3.05, 3.63) is 0 Å². The molecule has 0 fully saturated rings. The average molecular weight is 849 g/mol. The van der Waals surface area contributed by atoms with E-state index in [0.717, 1.165) is 69.6 Å². The molecular formula is C54H104O6. The third-order valence-corrected chi connectivity index (χ3v) is 12.6. The van der Waals surface area contributed by atoms with E-state index < -0.39 is 6.10 Å². The Morgan fingerprint density at radius 1 is 0.350 bits per heavy atom. The molecular weight excluding hydrogens is 745 g/mol. The molecule has 6 nitrogen and oxygen atoms in total. The van der Waals surface area contributed by atoms with E-state index in [-0.39, 0.29) is 31.1 Å². The first-order chi connectivity index (χ1) is 29.3. The molecule has 0 rings (SSSR count). The van der Waals surface area contributed by atoms with Crippen LogP contribution < -0.4 is 0 Å². The van der Waals surface area contributed by atoms with Crippen LogP contribution >= 0.6 is 0 Å². The molecule has 0 bridgehead atoms. The summed E-state index contributed by atoms with van der Waals surface area (Å²) < 4.78 is 16.8. The van der Waals surface area contributed by atoms with E-state index in [1.165, 1.54) is 186 Å². The minimum absolute atomic E-state index is 0.0645. The summed E-state index contributed by atoms with van der Waals surface area (Å²) in [6.07, 6.45) is 48.2. The second-order valence-corrected chi connectivity index (χ2v) is 19.2. The topological polar surface area (TPSA) is 78.9 Å². The molecule has 0 radical (unpaired) electrons. The summed E-state index contributed by atoms with van der Waals surface area (Å²) in [5.74, 6) is 0.778. The van der Waals surface area contributed by atoms with Crippen molar-refractivity contribution in [1.82, 2.24) is 0 Å². The molecule has 0 aliphatic rings. The second kappa shape index (κ2) is 46.9. The highest BCUT2D eigenvalue weighted by Crippen LogP contribution is 2.18.